The molecule has 2 aromatic rings. The summed E-state index contributed by atoms with van der Waals surface area (Å²) in [6.07, 6.45) is 5.62. The van der Waals surface area contributed by atoms with Crippen molar-refractivity contribution >= 4 is 0 Å². The molecule has 0 saturated carbocycles. The zero-order chi connectivity index (χ0) is 17.3. The van der Waals surface area contributed by atoms with Crippen molar-refractivity contribution < 1.29 is 17.9 Å². The summed E-state index contributed by atoms with van der Waals surface area (Å²) in [5, 5.41) is 0. The maximum absolute atomic E-state index is 14.5. The molecule has 0 radical (unpaired) electrons. The SMILES string of the molecule is CCCC1=CCc2cc(-c3ccc(OC)c(F)c3F)c(F)cc2C1. The molecule has 0 fully saturated rings. The Bertz CT molecular complexity index is 809. The number of hydrogen-bond donors (Lipinski definition) is 0. The molecule has 0 saturated heterocycles. The second-order valence-corrected chi connectivity index (χ2v) is 6.04. The molecule has 1 nitrogen and oxygen atoms in total. The first kappa shape index (κ1) is 16.6. The van der Waals surface area contributed by atoms with Crippen LogP contribution in [0.1, 0.15) is 30.9 Å². The molecule has 0 heterocycles. The molecule has 0 bridgehead atoms. The fourth-order valence-electron chi connectivity index (χ4n) is 3.20. The molecule has 2 aromatic carbocycles. The van der Waals surface area contributed by atoms with Crippen molar-refractivity contribution in [3.8, 4) is 16.9 Å². The van der Waals surface area contributed by atoms with Gasteiger partial charge >= 0.3 is 0 Å². The van der Waals surface area contributed by atoms with Crippen LogP contribution in [-0.4, -0.2) is 7.11 Å². The number of allylic oxidation sites excluding steroid dienone is 2. The van der Waals surface area contributed by atoms with E-state index in [1.807, 2.05) is 0 Å². The first-order valence-electron chi connectivity index (χ1n) is 8.06. The van der Waals surface area contributed by atoms with E-state index in [0.29, 0.717) is 6.42 Å². The normalized spacial score (nSPS) is 13.5. The van der Waals surface area contributed by atoms with Gasteiger partial charge in [0.15, 0.2) is 11.6 Å². The predicted octanol–water partition coefficient (Wildman–Crippen LogP) is 5.60. The lowest BCUT2D eigenvalue weighted by molar-refractivity contribution is 0.372. The predicted molar refractivity (Wildman–Crippen MR) is 88.7 cm³/mol. The van der Waals surface area contributed by atoms with Crippen LogP contribution in [0.2, 0.25) is 0 Å². The van der Waals surface area contributed by atoms with Gasteiger partial charge in [-0.25, -0.2) is 8.78 Å². The van der Waals surface area contributed by atoms with Gasteiger partial charge in [-0.05, 0) is 54.7 Å². The highest BCUT2D eigenvalue weighted by Gasteiger charge is 2.20. The fraction of sp³-hybridized carbons (Fsp3) is 0.300. The van der Waals surface area contributed by atoms with Gasteiger partial charge in [-0.3, -0.25) is 0 Å². The molecule has 126 valence electrons. The summed E-state index contributed by atoms with van der Waals surface area (Å²) in [5.41, 5.74) is 3.19. The first-order valence-corrected chi connectivity index (χ1v) is 8.06. The Morgan fingerprint density at radius 1 is 1.00 bits per heavy atom. The number of ether oxygens (including phenoxy) is 1. The van der Waals surface area contributed by atoms with Gasteiger partial charge in [0.05, 0.1) is 7.11 Å². The molecule has 0 spiro atoms. The molecule has 0 aliphatic heterocycles. The standard InChI is InChI=1S/C20H19F3O/c1-3-4-12-5-6-13-10-16(17(21)11-14(13)9-12)15-7-8-18(24-2)20(23)19(15)22/h5,7-8,10-11H,3-4,6,9H2,1-2H3. The monoisotopic (exact) mass is 332 g/mol. The number of halogens is 3. The highest BCUT2D eigenvalue weighted by atomic mass is 19.2. The van der Waals surface area contributed by atoms with Gasteiger partial charge in [0.2, 0.25) is 5.82 Å². The summed E-state index contributed by atoms with van der Waals surface area (Å²) in [5.74, 6) is -2.92. The summed E-state index contributed by atoms with van der Waals surface area (Å²) in [6, 6.07) is 5.75. The molecule has 1 aliphatic carbocycles. The minimum Gasteiger partial charge on any atom is -0.494 e. The number of rotatable bonds is 4. The minimum atomic E-state index is -1.10. The molecule has 0 unspecified atom stereocenters. The Hall–Kier alpha value is -2.23. The second-order valence-electron chi connectivity index (χ2n) is 6.04. The Balaban J connectivity index is 2.03. The molecular formula is C20H19F3O. The number of hydrogen-bond acceptors (Lipinski definition) is 1. The van der Waals surface area contributed by atoms with Crippen molar-refractivity contribution in [2.45, 2.75) is 32.6 Å². The maximum atomic E-state index is 14.5. The van der Waals surface area contributed by atoms with E-state index in [2.05, 4.69) is 13.0 Å². The summed E-state index contributed by atoms with van der Waals surface area (Å²) in [6.45, 7) is 2.11. The van der Waals surface area contributed by atoms with Crippen LogP contribution in [0.15, 0.2) is 35.9 Å². The van der Waals surface area contributed by atoms with Crippen LogP contribution < -0.4 is 4.74 Å². The summed E-state index contributed by atoms with van der Waals surface area (Å²) < 4.78 is 47.5. The van der Waals surface area contributed by atoms with Crippen LogP contribution >= 0.6 is 0 Å². The summed E-state index contributed by atoms with van der Waals surface area (Å²) in [4.78, 5) is 0. The second kappa shape index (κ2) is 6.71. The van der Waals surface area contributed by atoms with Crippen molar-refractivity contribution in [3.05, 3.63) is 64.5 Å². The molecule has 3 rings (SSSR count). The van der Waals surface area contributed by atoms with Crippen molar-refractivity contribution in [1.29, 1.82) is 0 Å². The van der Waals surface area contributed by atoms with Gasteiger partial charge in [0, 0.05) is 11.1 Å². The Morgan fingerprint density at radius 2 is 1.79 bits per heavy atom. The largest absolute Gasteiger partial charge is 0.494 e. The molecule has 0 aromatic heterocycles. The summed E-state index contributed by atoms with van der Waals surface area (Å²) in [7, 11) is 1.26. The lowest BCUT2D eigenvalue weighted by atomic mass is 9.87. The van der Waals surface area contributed by atoms with Crippen LogP contribution in [-0.2, 0) is 12.8 Å². The van der Waals surface area contributed by atoms with Crippen molar-refractivity contribution in [2.24, 2.45) is 0 Å². The van der Waals surface area contributed by atoms with Crippen LogP contribution in [0.4, 0.5) is 13.2 Å². The van der Waals surface area contributed by atoms with E-state index in [-0.39, 0.29) is 16.9 Å². The van der Waals surface area contributed by atoms with Crippen LogP contribution in [0, 0.1) is 17.5 Å². The average molecular weight is 332 g/mol. The Labute approximate surface area is 139 Å². The van der Waals surface area contributed by atoms with E-state index in [1.165, 1.54) is 30.9 Å². The summed E-state index contributed by atoms with van der Waals surface area (Å²) >= 11 is 0. The van der Waals surface area contributed by atoms with E-state index in [0.717, 1.165) is 30.4 Å². The molecule has 0 amide bonds. The number of methoxy groups -OCH3 is 1. The number of benzene rings is 2. The quantitative estimate of drug-likeness (QED) is 0.662. The fourth-order valence-corrected chi connectivity index (χ4v) is 3.20. The molecule has 0 atom stereocenters. The topological polar surface area (TPSA) is 9.23 Å². The number of fused-ring (bicyclic) bond motifs is 1. The average Bonchev–Trinajstić information content (AvgIpc) is 2.57. The van der Waals surface area contributed by atoms with Crippen molar-refractivity contribution in [3.63, 3.8) is 0 Å². The van der Waals surface area contributed by atoms with E-state index in [9.17, 15) is 13.2 Å². The van der Waals surface area contributed by atoms with Crippen LogP contribution in [0.5, 0.6) is 5.75 Å². The van der Waals surface area contributed by atoms with Crippen LogP contribution in [0.25, 0.3) is 11.1 Å². The zero-order valence-corrected chi connectivity index (χ0v) is 13.8. The molecule has 0 N–H and O–H groups in total. The first-order chi connectivity index (χ1) is 11.5. The van der Waals surface area contributed by atoms with E-state index in [4.69, 9.17) is 4.74 Å². The maximum Gasteiger partial charge on any atom is 0.201 e. The lowest BCUT2D eigenvalue weighted by Crippen LogP contribution is -2.05. The highest BCUT2D eigenvalue weighted by Crippen LogP contribution is 2.34. The molecule has 4 heteroatoms. The molecule has 1 aliphatic rings. The van der Waals surface area contributed by atoms with Gasteiger partial charge in [0.25, 0.3) is 0 Å². The van der Waals surface area contributed by atoms with Crippen molar-refractivity contribution in [1.82, 2.24) is 0 Å². The third-order valence-corrected chi connectivity index (χ3v) is 4.45. The Kier molecular flexibility index (Phi) is 4.65. The highest BCUT2D eigenvalue weighted by molar-refractivity contribution is 5.68. The van der Waals surface area contributed by atoms with Gasteiger partial charge in [-0.15, -0.1) is 0 Å². The van der Waals surface area contributed by atoms with Gasteiger partial charge in [0.1, 0.15) is 5.82 Å². The molecule has 24 heavy (non-hydrogen) atoms. The van der Waals surface area contributed by atoms with Crippen molar-refractivity contribution in [2.75, 3.05) is 7.11 Å². The zero-order valence-electron chi connectivity index (χ0n) is 13.8. The van der Waals surface area contributed by atoms with Crippen LogP contribution in [0.3, 0.4) is 0 Å². The van der Waals surface area contributed by atoms with E-state index >= 15 is 0 Å². The lowest BCUT2D eigenvalue weighted by Gasteiger charge is -2.19. The third-order valence-electron chi connectivity index (χ3n) is 4.45. The van der Waals surface area contributed by atoms with E-state index in [1.54, 1.807) is 6.07 Å². The molecular weight excluding hydrogens is 313 g/mol. The minimum absolute atomic E-state index is 0.0835. The smallest absolute Gasteiger partial charge is 0.201 e. The van der Waals surface area contributed by atoms with Gasteiger partial charge in [-0.1, -0.05) is 25.0 Å². The third kappa shape index (κ3) is 2.93. The van der Waals surface area contributed by atoms with E-state index < -0.39 is 17.5 Å². The van der Waals surface area contributed by atoms with Gasteiger partial charge < -0.3 is 4.74 Å². The Morgan fingerprint density at radius 3 is 2.50 bits per heavy atom. The van der Waals surface area contributed by atoms with Gasteiger partial charge in [-0.2, -0.15) is 4.39 Å².